The number of anilines is 2. The van der Waals surface area contributed by atoms with Crippen molar-refractivity contribution < 1.29 is 65.7 Å². The summed E-state index contributed by atoms with van der Waals surface area (Å²) in [6, 6.07) is 10.4. The fourth-order valence-electron chi connectivity index (χ4n) is 2.87. The number of hydrogen-bond donors (Lipinski definition) is 9. The van der Waals surface area contributed by atoms with Crippen molar-refractivity contribution in [3.8, 4) is 0 Å². The van der Waals surface area contributed by atoms with Gasteiger partial charge in [-0.15, -0.1) is 0 Å². The van der Waals surface area contributed by atoms with Crippen LogP contribution in [0.25, 0.3) is 0 Å². The van der Waals surface area contributed by atoms with Crippen molar-refractivity contribution in [3.63, 3.8) is 0 Å². The van der Waals surface area contributed by atoms with Crippen molar-refractivity contribution in [2.75, 3.05) is 23.9 Å². The number of Topliss-reactive ketones (excluding diaryl/α,β-unsaturated/α-hetero) is 1. The smallest absolute Gasteiger partial charge is 0.341 e. The van der Waals surface area contributed by atoms with Crippen LogP contribution in [0.1, 0.15) is 16.8 Å². The predicted octanol–water partition coefficient (Wildman–Crippen LogP) is 0.970. The second kappa shape index (κ2) is 12.9. The SMILES string of the molecule is CP(=O)(O)C(CS(=O)(=O)c1ccc(N)cc1)P(=O)(O)O.Nc1ccc(C(=O)CC(P(=O)(O)O)P(=O)(O)O)cc1. The fraction of sp³-hybridized carbons (Fsp3) is 0.278. The third-order valence-electron chi connectivity index (χ3n) is 4.93. The van der Waals surface area contributed by atoms with Crippen LogP contribution in [0.15, 0.2) is 53.4 Å². The molecule has 0 spiro atoms. The normalized spacial score (nSPS) is 15.1. The van der Waals surface area contributed by atoms with Crippen LogP contribution < -0.4 is 11.5 Å². The summed E-state index contributed by atoms with van der Waals surface area (Å²) in [5.41, 5.74) is 11.6. The van der Waals surface area contributed by atoms with E-state index in [4.69, 9.17) is 40.8 Å². The summed E-state index contributed by atoms with van der Waals surface area (Å²) in [4.78, 5) is 74.6. The molecule has 0 bridgehead atoms. The van der Waals surface area contributed by atoms with Crippen molar-refractivity contribution in [2.45, 2.75) is 22.1 Å². The number of nitrogens with two attached hydrogens (primary N) is 2. The molecule has 0 aromatic heterocycles. The molecule has 11 N–H and O–H groups in total. The van der Waals surface area contributed by atoms with Crippen LogP contribution in [0, 0.1) is 0 Å². The molecule has 0 radical (unpaired) electrons. The average molecular weight is 652 g/mol. The minimum Gasteiger partial charge on any atom is -0.399 e. The Bertz CT molecular complexity index is 1410. The van der Waals surface area contributed by atoms with Gasteiger partial charge in [-0.3, -0.25) is 23.1 Å². The van der Waals surface area contributed by atoms with Gasteiger partial charge in [0.05, 0.1) is 10.6 Å². The minimum atomic E-state index is -5.09. The van der Waals surface area contributed by atoms with Crippen LogP contribution in [-0.2, 0) is 28.1 Å². The number of ketones is 1. The summed E-state index contributed by atoms with van der Waals surface area (Å²) < 4.78 is 68.8. The molecule has 21 heteroatoms. The summed E-state index contributed by atoms with van der Waals surface area (Å²) in [5.74, 6) is -1.90. The molecule has 2 aromatic rings. The zero-order valence-corrected chi connectivity index (χ0v) is 24.4. The van der Waals surface area contributed by atoms with Gasteiger partial charge >= 0.3 is 22.8 Å². The Morgan fingerprint density at radius 1 is 0.718 bits per heavy atom. The molecular formula is C18H28N2O14P4S. The van der Waals surface area contributed by atoms with Gasteiger partial charge in [-0.05, 0) is 48.5 Å². The first-order valence-electron chi connectivity index (χ1n) is 10.3. The fourth-order valence-corrected chi connectivity index (χ4v) is 11.7. The highest BCUT2D eigenvalue weighted by Gasteiger charge is 2.45. The number of sulfone groups is 1. The van der Waals surface area contributed by atoms with E-state index in [2.05, 4.69) is 0 Å². The molecule has 0 amide bonds. The first-order valence-corrected chi connectivity index (χ1v) is 19.2. The maximum atomic E-state index is 12.0. The third kappa shape index (κ3) is 11.4. The largest absolute Gasteiger partial charge is 0.399 e. The van der Waals surface area contributed by atoms with E-state index >= 15 is 0 Å². The molecule has 2 unspecified atom stereocenters. The summed E-state index contributed by atoms with van der Waals surface area (Å²) in [6.45, 7) is 0.718. The zero-order chi connectivity index (χ0) is 30.6. The third-order valence-corrected chi connectivity index (χ3v) is 15.3. The highest BCUT2D eigenvalue weighted by atomic mass is 32.2. The summed E-state index contributed by atoms with van der Waals surface area (Å²) in [5, 5.41) is -4.48. The molecule has 0 aliphatic heterocycles. The van der Waals surface area contributed by atoms with Crippen molar-refractivity contribution in [3.05, 3.63) is 54.1 Å². The molecule has 2 rings (SSSR count). The molecule has 0 saturated carbocycles. The van der Waals surface area contributed by atoms with E-state index in [1.807, 2.05) is 0 Å². The summed E-state index contributed by atoms with van der Waals surface area (Å²) >= 11 is 0. The molecule has 0 fully saturated rings. The molecule has 39 heavy (non-hydrogen) atoms. The van der Waals surface area contributed by atoms with Gasteiger partial charge < -0.3 is 45.7 Å². The second-order valence-electron chi connectivity index (χ2n) is 8.27. The Labute approximate surface area is 222 Å². The van der Waals surface area contributed by atoms with E-state index in [1.54, 1.807) is 0 Å². The standard InChI is InChI=1S/C9H15NO7P2S.C9H13NO7P2/c1-18(11,12)9(19(13,14)15)6-20(16,17)8-4-2-7(10)3-5-8;10-7-3-1-6(2-4-7)8(11)5-9(18(12,13)14)19(15,16)17/h2-5,9H,6,10H2,1H3,(H,11,12)(H2,13,14,15);1-4,9H,5,10H2,(H2,12,13,14)(H2,15,16,17). The molecule has 0 aliphatic carbocycles. The molecule has 220 valence electrons. The van der Waals surface area contributed by atoms with Gasteiger partial charge in [0.15, 0.2) is 26.4 Å². The Balaban J connectivity index is 0.000000391. The van der Waals surface area contributed by atoms with Gasteiger partial charge in [-0.2, -0.15) is 0 Å². The number of carbonyl (C=O) groups is 1. The van der Waals surface area contributed by atoms with E-state index in [0.717, 1.165) is 6.66 Å². The lowest BCUT2D eigenvalue weighted by Crippen LogP contribution is -2.21. The number of carbonyl (C=O) groups excluding carboxylic acids is 1. The summed E-state index contributed by atoms with van der Waals surface area (Å²) in [6.07, 6.45) is -0.946. The second-order valence-corrected chi connectivity index (χ2v) is 19.0. The molecular weight excluding hydrogens is 624 g/mol. The Morgan fingerprint density at radius 2 is 1.08 bits per heavy atom. The monoisotopic (exact) mass is 652 g/mol. The quantitative estimate of drug-likeness (QED) is 0.0980. The van der Waals surface area contributed by atoms with Crippen molar-refractivity contribution in [1.82, 2.24) is 0 Å². The predicted molar refractivity (Wildman–Crippen MR) is 142 cm³/mol. The first-order chi connectivity index (χ1) is 17.4. The molecule has 0 heterocycles. The van der Waals surface area contributed by atoms with Gasteiger partial charge in [0, 0.05) is 30.0 Å². The van der Waals surface area contributed by atoms with Gasteiger partial charge in [-0.25, -0.2) is 8.42 Å². The van der Waals surface area contributed by atoms with Crippen molar-refractivity contribution in [2.24, 2.45) is 0 Å². The molecule has 2 aromatic carbocycles. The summed E-state index contributed by atoms with van der Waals surface area (Å²) in [7, 11) is -23.6. The maximum Gasteiger partial charge on any atom is 0.341 e. The number of hydrogen-bond acceptors (Lipinski definition) is 9. The Kier molecular flexibility index (Phi) is 11.7. The van der Waals surface area contributed by atoms with E-state index in [1.165, 1.54) is 48.5 Å². The highest BCUT2D eigenvalue weighted by Crippen LogP contribution is 2.62. The Morgan fingerprint density at radius 3 is 1.41 bits per heavy atom. The van der Waals surface area contributed by atoms with Gasteiger partial charge in [-0.1, -0.05) is 0 Å². The van der Waals surface area contributed by atoms with Gasteiger partial charge in [0.2, 0.25) is 7.37 Å². The van der Waals surface area contributed by atoms with Crippen LogP contribution in [0.4, 0.5) is 11.4 Å². The van der Waals surface area contributed by atoms with Gasteiger partial charge in [0.25, 0.3) is 0 Å². The van der Waals surface area contributed by atoms with Crippen LogP contribution >= 0.6 is 30.2 Å². The van der Waals surface area contributed by atoms with Crippen molar-refractivity contribution in [1.29, 1.82) is 0 Å². The lowest BCUT2D eigenvalue weighted by atomic mass is 10.1. The zero-order valence-electron chi connectivity index (χ0n) is 20.0. The van der Waals surface area contributed by atoms with Crippen LogP contribution in [0.3, 0.4) is 0 Å². The molecule has 0 aliphatic rings. The lowest BCUT2D eigenvalue weighted by molar-refractivity contribution is 0.0980. The number of nitrogen functional groups attached to an aromatic ring is 2. The lowest BCUT2D eigenvalue weighted by Gasteiger charge is -2.20. The van der Waals surface area contributed by atoms with Crippen molar-refractivity contribution >= 4 is 57.2 Å². The van der Waals surface area contributed by atoms with Crippen LogP contribution in [0.5, 0.6) is 0 Å². The topological polar surface area (TPSA) is 313 Å². The van der Waals surface area contributed by atoms with E-state index < -0.39 is 68.8 Å². The van der Waals surface area contributed by atoms with E-state index in [-0.39, 0.29) is 10.5 Å². The first kappa shape index (κ1) is 35.3. The van der Waals surface area contributed by atoms with Crippen LogP contribution in [0.2, 0.25) is 0 Å². The van der Waals surface area contributed by atoms with Gasteiger partial charge in [0.1, 0.15) is 0 Å². The highest BCUT2D eigenvalue weighted by molar-refractivity contribution is 7.92. The Hall–Kier alpha value is -1.70. The maximum absolute atomic E-state index is 12.0. The van der Waals surface area contributed by atoms with Crippen LogP contribution in [-0.4, -0.2) is 71.7 Å². The average Bonchev–Trinajstić information content (AvgIpc) is 2.74. The van der Waals surface area contributed by atoms with E-state index in [0.29, 0.717) is 11.4 Å². The molecule has 16 nitrogen and oxygen atoms in total. The molecule has 2 atom stereocenters. The minimum absolute atomic E-state index is 0.0705. The number of rotatable bonds is 10. The number of benzene rings is 2. The molecule has 0 saturated heterocycles. The van der Waals surface area contributed by atoms with E-state index in [9.17, 15) is 36.4 Å².